The summed E-state index contributed by atoms with van der Waals surface area (Å²) in [5, 5.41) is 0. The summed E-state index contributed by atoms with van der Waals surface area (Å²) < 4.78 is 41.6. The molecule has 3 aromatic carbocycles. The highest BCUT2D eigenvalue weighted by Gasteiger charge is 2.17. The van der Waals surface area contributed by atoms with Gasteiger partial charge in [-0.25, -0.2) is 17.8 Å². The number of anilines is 1. The number of fused-ring (bicyclic) bond motifs is 1. The van der Waals surface area contributed by atoms with E-state index in [1.165, 1.54) is 19.1 Å². The van der Waals surface area contributed by atoms with Gasteiger partial charge in [-0.3, -0.25) is 4.72 Å². The number of sulfonamides is 1. The zero-order valence-corrected chi connectivity index (χ0v) is 16.6. The van der Waals surface area contributed by atoms with Crippen LogP contribution in [-0.4, -0.2) is 18.4 Å². The summed E-state index contributed by atoms with van der Waals surface area (Å²) in [5.74, 6) is 0.410. The van der Waals surface area contributed by atoms with E-state index in [1.54, 1.807) is 12.1 Å². The number of aromatic amines is 1. The minimum absolute atomic E-state index is 0.0310. The van der Waals surface area contributed by atoms with E-state index >= 15 is 0 Å². The molecule has 0 amide bonds. The van der Waals surface area contributed by atoms with Crippen LogP contribution in [0.15, 0.2) is 71.6 Å². The number of nitrogens with zero attached hydrogens (tertiary/aromatic N) is 1. The van der Waals surface area contributed by atoms with E-state index in [2.05, 4.69) is 14.7 Å². The summed E-state index contributed by atoms with van der Waals surface area (Å²) in [4.78, 5) is 7.88. The van der Waals surface area contributed by atoms with Gasteiger partial charge in [0, 0.05) is 6.42 Å². The van der Waals surface area contributed by atoms with Crippen molar-refractivity contribution in [2.45, 2.75) is 24.7 Å². The summed E-state index contributed by atoms with van der Waals surface area (Å²) in [5.41, 5.74) is 3.53. The van der Waals surface area contributed by atoms with Crippen molar-refractivity contribution in [1.82, 2.24) is 9.97 Å². The van der Waals surface area contributed by atoms with Crippen molar-refractivity contribution >= 4 is 26.7 Å². The maximum atomic E-state index is 13.5. The topological polar surface area (TPSA) is 74.8 Å². The Morgan fingerprint density at radius 2 is 1.76 bits per heavy atom. The molecular weight excluding hydrogens is 389 g/mol. The van der Waals surface area contributed by atoms with Crippen molar-refractivity contribution < 1.29 is 12.8 Å². The smallest absolute Gasteiger partial charge is 0.261 e. The molecule has 148 valence electrons. The summed E-state index contributed by atoms with van der Waals surface area (Å²) in [6.45, 7) is 1.54. The Kier molecular flexibility index (Phi) is 5.07. The number of aromatic nitrogens is 2. The monoisotopic (exact) mass is 409 g/mol. The van der Waals surface area contributed by atoms with E-state index in [0.29, 0.717) is 18.5 Å². The number of hydrogen-bond acceptors (Lipinski definition) is 3. The predicted octanol–water partition coefficient (Wildman–Crippen LogP) is 4.60. The van der Waals surface area contributed by atoms with Crippen LogP contribution in [0.25, 0.3) is 11.0 Å². The van der Waals surface area contributed by atoms with Crippen LogP contribution in [0.1, 0.15) is 17.0 Å². The van der Waals surface area contributed by atoms with Gasteiger partial charge in [0.05, 0.1) is 21.6 Å². The van der Waals surface area contributed by atoms with Crippen LogP contribution in [0.4, 0.5) is 10.1 Å². The molecule has 2 N–H and O–H groups in total. The maximum Gasteiger partial charge on any atom is 0.261 e. The number of aryl methyl sites for hydroxylation is 3. The van der Waals surface area contributed by atoms with Crippen molar-refractivity contribution in [2.75, 3.05) is 4.72 Å². The standard InChI is InChI=1S/C22H20FN3O2S/c1-15-14-17(11-12-18(15)23)29(27,28)26-19-7-3-2-6-16(19)10-13-22-24-20-8-4-5-9-21(20)25-22/h2-9,11-12,14,26H,10,13H2,1H3,(H,24,25). The van der Waals surface area contributed by atoms with Gasteiger partial charge >= 0.3 is 0 Å². The quantitative estimate of drug-likeness (QED) is 0.489. The minimum atomic E-state index is -3.82. The number of halogens is 1. The van der Waals surface area contributed by atoms with Crippen LogP contribution in [0.3, 0.4) is 0 Å². The molecule has 0 spiro atoms. The molecule has 0 saturated carbocycles. The molecule has 7 heteroatoms. The van der Waals surface area contributed by atoms with E-state index in [0.717, 1.165) is 28.5 Å². The second kappa shape index (κ2) is 7.67. The molecule has 1 aromatic heterocycles. The van der Waals surface area contributed by atoms with Gasteiger partial charge in [0.1, 0.15) is 11.6 Å². The number of nitrogens with one attached hydrogen (secondary N) is 2. The Hall–Kier alpha value is -3.19. The highest BCUT2D eigenvalue weighted by atomic mass is 32.2. The molecule has 4 rings (SSSR count). The van der Waals surface area contributed by atoms with Gasteiger partial charge < -0.3 is 4.98 Å². The van der Waals surface area contributed by atoms with Gasteiger partial charge in [-0.05, 0) is 60.9 Å². The lowest BCUT2D eigenvalue weighted by molar-refractivity contribution is 0.598. The lowest BCUT2D eigenvalue weighted by atomic mass is 10.1. The zero-order valence-electron chi connectivity index (χ0n) is 15.8. The van der Waals surface area contributed by atoms with Gasteiger partial charge in [-0.15, -0.1) is 0 Å². The number of benzene rings is 3. The molecule has 0 fully saturated rings. The normalized spacial score (nSPS) is 11.7. The van der Waals surface area contributed by atoms with Crippen molar-refractivity contribution in [1.29, 1.82) is 0 Å². The minimum Gasteiger partial charge on any atom is -0.342 e. The number of imidazole rings is 1. The van der Waals surface area contributed by atoms with Crippen molar-refractivity contribution in [2.24, 2.45) is 0 Å². The second-order valence-corrected chi connectivity index (χ2v) is 8.56. The molecule has 1 heterocycles. The molecule has 0 unspecified atom stereocenters. The number of H-pyrrole nitrogens is 1. The molecule has 0 aliphatic carbocycles. The Bertz CT molecular complexity index is 1250. The number of hydrogen-bond donors (Lipinski definition) is 2. The number of rotatable bonds is 6. The van der Waals surface area contributed by atoms with Gasteiger partial charge in [0.2, 0.25) is 0 Å². The maximum absolute atomic E-state index is 13.5. The highest BCUT2D eigenvalue weighted by Crippen LogP contribution is 2.23. The average molecular weight is 409 g/mol. The number of para-hydroxylation sites is 3. The molecule has 5 nitrogen and oxygen atoms in total. The van der Waals surface area contributed by atoms with Gasteiger partial charge in [-0.2, -0.15) is 0 Å². The molecule has 0 atom stereocenters. The third kappa shape index (κ3) is 4.14. The molecule has 0 saturated heterocycles. The van der Waals surface area contributed by atoms with E-state index in [-0.39, 0.29) is 10.5 Å². The van der Waals surface area contributed by atoms with Crippen LogP contribution < -0.4 is 4.72 Å². The first-order valence-corrected chi connectivity index (χ1v) is 10.7. The molecule has 0 radical (unpaired) electrons. The van der Waals surface area contributed by atoms with Gasteiger partial charge in [0.25, 0.3) is 10.0 Å². The van der Waals surface area contributed by atoms with Crippen molar-refractivity contribution in [3.8, 4) is 0 Å². The third-order valence-corrected chi connectivity index (χ3v) is 6.13. The predicted molar refractivity (Wildman–Crippen MR) is 112 cm³/mol. The Labute approximate surface area is 168 Å². The summed E-state index contributed by atoms with van der Waals surface area (Å²) in [7, 11) is -3.82. The largest absolute Gasteiger partial charge is 0.342 e. The average Bonchev–Trinajstić information content (AvgIpc) is 3.12. The van der Waals surface area contributed by atoms with Crippen LogP contribution in [0, 0.1) is 12.7 Å². The van der Waals surface area contributed by atoms with Crippen LogP contribution in [-0.2, 0) is 22.9 Å². The molecule has 0 aliphatic rings. The van der Waals surface area contributed by atoms with E-state index in [9.17, 15) is 12.8 Å². The summed E-state index contributed by atoms with van der Waals surface area (Å²) >= 11 is 0. The lowest BCUT2D eigenvalue weighted by Gasteiger charge is -2.13. The van der Waals surface area contributed by atoms with E-state index in [4.69, 9.17) is 0 Å². The molecule has 29 heavy (non-hydrogen) atoms. The van der Waals surface area contributed by atoms with Crippen molar-refractivity contribution in [3.63, 3.8) is 0 Å². The summed E-state index contributed by atoms with van der Waals surface area (Å²) in [6, 6.07) is 18.8. The van der Waals surface area contributed by atoms with Crippen LogP contribution in [0.2, 0.25) is 0 Å². The second-order valence-electron chi connectivity index (χ2n) is 6.87. The lowest BCUT2D eigenvalue weighted by Crippen LogP contribution is -2.15. The molecule has 4 aromatic rings. The van der Waals surface area contributed by atoms with E-state index in [1.807, 2.05) is 36.4 Å². The third-order valence-electron chi connectivity index (χ3n) is 4.77. The fraction of sp³-hybridized carbons (Fsp3) is 0.136. The van der Waals surface area contributed by atoms with Crippen molar-refractivity contribution in [3.05, 3.63) is 89.5 Å². The zero-order chi connectivity index (χ0) is 20.4. The molecule has 0 bridgehead atoms. The SMILES string of the molecule is Cc1cc(S(=O)(=O)Nc2ccccc2CCc2nc3ccccc3[nH]2)ccc1F. The van der Waals surface area contributed by atoms with Crippen LogP contribution in [0.5, 0.6) is 0 Å². The van der Waals surface area contributed by atoms with E-state index < -0.39 is 15.8 Å². The fourth-order valence-electron chi connectivity index (χ4n) is 3.20. The Morgan fingerprint density at radius 3 is 2.55 bits per heavy atom. The Balaban J connectivity index is 1.55. The van der Waals surface area contributed by atoms with Gasteiger partial charge in [-0.1, -0.05) is 30.3 Å². The molecule has 0 aliphatic heterocycles. The highest BCUT2D eigenvalue weighted by molar-refractivity contribution is 7.92. The first-order chi connectivity index (χ1) is 13.9. The first kappa shape index (κ1) is 19.1. The summed E-state index contributed by atoms with van der Waals surface area (Å²) in [6.07, 6.45) is 1.25. The fourth-order valence-corrected chi connectivity index (χ4v) is 4.39. The Morgan fingerprint density at radius 1 is 1.00 bits per heavy atom. The van der Waals surface area contributed by atoms with Gasteiger partial charge in [0.15, 0.2) is 0 Å². The first-order valence-electron chi connectivity index (χ1n) is 9.23. The molecular formula is C22H20FN3O2S. The van der Waals surface area contributed by atoms with Crippen LogP contribution >= 0.6 is 0 Å².